The minimum atomic E-state index is 0.348. The Balaban J connectivity index is 2.89. The van der Waals surface area contributed by atoms with Gasteiger partial charge in [-0.25, -0.2) is 0 Å². The minimum Gasteiger partial charge on any atom is -0.396 e. The summed E-state index contributed by atoms with van der Waals surface area (Å²) in [5, 5.41) is 8.73. The van der Waals surface area contributed by atoms with E-state index < -0.39 is 0 Å². The molecule has 0 rings (SSSR count). The molecule has 0 spiro atoms. The Morgan fingerprint density at radius 3 is 2.64 bits per heavy atom. The lowest BCUT2D eigenvalue weighted by Gasteiger charge is -2.05. The normalized spacial score (nSPS) is 13.4. The first kappa shape index (κ1) is 11.3. The molecule has 1 atom stereocenters. The number of aliphatic hydroxyl groups excluding tert-OH is 1. The molecule has 1 unspecified atom stereocenters. The average Bonchev–Trinajstić information content (AvgIpc) is 2.04. The largest absolute Gasteiger partial charge is 0.396 e. The van der Waals surface area contributed by atoms with Crippen molar-refractivity contribution in [2.24, 2.45) is 5.92 Å². The van der Waals surface area contributed by atoms with Crippen molar-refractivity contribution in [3.05, 3.63) is 0 Å². The molecule has 0 aromatic carbocycles. The summed E-state index contributed by atoms with van der Waals surface area (Å²) in [5.74, 6) is 3.02. The smallest absolute Gasteiger partial charge is 0.0456 e. The van der Waals surface area contributed by atoms with Gasteiger partial charge in [-0.3, -0.25) is 0 Å². The van der Waals surface area contributed by atoms with Gasteiger partial charge in [-0.1, -0.05) is 20.3 Å². The predicted octanol–water partition coefficient (Wildman–Crippen LogP) is 2.54. The molecule has 11 heavy (non-hydrogen) atoms. The van der Waals surface area contributed by atoms with Gasteiger partial charge >= 0.3 is 0 Å². The zero-order valence-electron chi connectivity index (χ0n) is 7.68. The van der Waals surface area contributed by atoms with E-state index in [0.29, 0.717) is 12.5 Å². The summed E-state index contributed by atoms with van der Waals surface area (Å²) in [6, 6.07) is 0. The molecule has 0 radical (unpaired) electrons. The molecule has 0 aliphatic heterocycles. The fraction of sp³-hybridized carbons (Fsp3) is 1.00. The first-order chi connectivity index (χ1) is 5.31. The fourth-order valence-electron chi connectivity index (χ4n) is 0.933. The van der Waals surface area contributed by atoms with Crippen LogP contribution < -0.4 is 0 Å². The molecule has 0 aliphatic rings. The first-order valence-electron chi connectivity index (χ1n) is 4.49. The number of unbranched alkanes of at least 4 members (excludes halogenated alkanes) is 1. The van der Waals surface area contributed by atoms with Crippen LogP contribution in [0.15, 0.2) is 0 Å². The molecule has 68 valence electrons. The van der Waals surface area contributed by atoms with E-state index in [2.05, 4.69) is 13.8 Å². The van der Waals surface area contributed by atoms with Gasteiger partial charge in [-0.05, 0) is 30.3 Å². The van der Waals surface area contributed by atoms with Crippen molar-refractivity contribution in [2.75, 3.05) is 18.1 Å². The standard InChI is InChI=1S/C9H20OS/c1-3-11-7-5-4-6-9(2)8-10/h9-10H,3-8H2,1-2H3. The van der Waals surface area contributed by atoms with E-state index in [1.54, 1.807) is 0 Å². The number of rotatable bonds is 7. The average molecular weight is 176 g/mol. The monoisotopic (exact) mass is 176 g/mol. The third-order valence-corrected chi connectivity index (χ3v) is 2.74. The molecule has 0 aromatic heterocycles. The maximum atomic E-state index is 8.73. The molecule has 0 aliphatic carbocycles. The highest BCUT2D eigenvalue weighted by molar-refractivity contribution is 7.99. The van der Waals surface area contributed by atoms with Crippen LogP contribution in [-0.2, 0) is 0 Å². The van der Waals surface area contributed by atoms with Crippen LogP contribution in [-0.4, -0.2) is 23.2 Å². The highest BCUT2D eigenvalue weighted by atomic mass is 32.2. The summed E-state index contributed by atoms with van der Waals surface area (Å²) in [7, 11) is 0. The maximum Gasteiger partial charge on any atom is 0.0456 e. The van der Waals surface area contributed by atoms with Crippen molar-refractivity contribution in [1.29, 1.82) is 0 Å². The number of hydrogen-bond acceptors (Lipinski definition) is 2. The topological polar surface area (TPSA) is 20.2 Å². The van der Waals surface area contributed by atoms with Crippen molar-refractivity contribution in [2.45, 2.75) is 33.1 Å². The quantitative estimate of drug-likeness (QED) is 0.602. The summed E-state index contributed by atoms with van der Waals surface area (Å²) >= 11 is 2.00. The predicted molar refractivity (Wildman–Crippen MR) is 53.1 cm³/mol. The highest BCUT2D eigenvalue weighted by Crippen LogP contribution is 2.10. The lowest BCUT2D eigenvalue weighted by Crippen LogP contribution is -2.00. The minimum absolute atomic E-state index is 0.348. The lowest BCUT2D eigenvalue weighted by atomic mass is 10.1. The highest BCUT2D eigenvalue weighted by Gasteiger charge is 1.98. The van der Waals surface area contributed by atoms with E-state index in [-0.39, 0.29) is 0 Å². The van der Waals surface area contributed by atoms with Gasteiger partial charge in [0.2, 0.25) is 0 Å². The first-order valence-corrected chi connectivity index (χ1v) is 5.65. The Bertz CT molecular complexity index is 76.0. The van der Waals surface area contributed by atoms with Crippen LogP contribution in [0.5, 0.6) is 0 Å². The van der Waals surface area contributed by atoms with Crippen LogP contribution in [0, 0.1) is 5.92 Å². The van der Waals surface area contributed by atoms with Gasteiger partial charge in [0.1, 0.15) is 0 Å². The molecular formula is C9H20OS. The Hall–Kier alpha value is 0.310. The molecule has 0 saturated carbocycles. The summed E-state index contributed by atoms with van der Waals surface area (Å²) in [4.78, 5) is 0. The van der Waals surface area contributed by atoms with Gasteiger partial charge in [-0.15, -0.1) is 0 Å². The molecule has 0 fully saturated rings. The summed E-state index contributed by atoms with van der Waals surface area (Å²) in [5.41, 5.74) is 0. The molecule has 0 heterocycles. The van der Waals surface area contributed by atoms with Crippen LogP contribution in [0.25, 0.3) is 0 Å². The SMILES string of the molecule is CCSCCCCC(C)CO. The number of thioether (sulfide) groups is 1. The second kappa shape index (κ2) is 8.41. The van der Waals surface area contributed by atoms with Gasteiger partial charge in [0, 0.05) is 6.61 Å². The Kier molecular flexibility index (Phi) is 8.64. The fourth-order valence-corrected chi connectivity index (χ4v) is 1.63. The van der Waals surface area contributed by atoms with Crippen LogP contribution in [0.3, 0.4) is 0 Å². The molecule has 0 bridgehead atoms. The van der Waals surface area contributed by atoms with Crippen molar-refractivity contribution in [1.82, 2.24) is 0 Å². The van der Waals surface area contributed by atoms with E-state index in [1.165, 1.54) is 30.8 Å². The van der Waals surface area contributed by atoms with Crippen molar-refractivity contribution >= 4 is 11.8 Å². The third kappa shape index (κ3) is 8.21. The summed E-state index contributed by atoms with van der Waals surface area (Å²) < 4.78 is 0. The van der Waals surface area contributed by atoms with Gasteiger partial charge in [0.25, 0.3) is 0 Å². The summed E-state index contributed by atoms with van der Waals surface area (Å²) in [6.07, 6.45) is 3.76. The molecule has 0 aromatic rings. The van der Waals surface area contributed by atoms with E-state index in [4.69, 9.17) is 5.11 Å². The van der Waals surface area contributed by atoms with Gasteiger partial charge < -0.3 is 5.11 Å². The molecular weight excluding hydrogens is 156 g/mol. The van der Waals surface area contributed by atoms with E-state index >= 15 is 0 Å². The number of aliphatic hydroxyl groups is 1. The molecule has 0 amide bonds. The van der Waals surface area contributed by atoms with Gasteiger partial charge in [0.15, 0.2) is 0 Å². The van der Waals surface area contributed by atoms with E-state index in [9.17, 15) is 0 Å². The molecule has 2 heteroatoms. The van der Waals surface area contributed by atoms with Crippen LogP contribution in [0.1, 0.15) is 33.1 Å². The van der Waals surface area contributed by atoms with Crippen LogP contribution in [0.2, 0.25) is 0 Å². The van der Waals surface area contributed by atoms with E-state index in [0.717, 1.165) is 0 Å². The zero-order chi connectivity index (χ0) is 8.53. The lowest BCUT2D eigenvalue weighted by molar-refractivity contribution is 0.228. The van der Waals surface area contributed by atoms with E-state index in [1.807, 2.05) is 11.8 Å². The maximum absolute atomic E-state index is 8.73. The molecule has 0 saturated heterocycles. The van der Waals surface area contributed by atoms with Crippen molar-refractivity contribution in [3.8, 4) is 0 Å². The number of hydrogen-bond donors (Lipinski definition) is 1. The molecule has 1 nitrogen and oxygen atoms in total. The Morgan fingerprint density at radius 2 is 2.09 bits per heavy atom. The third-order valence-electron chi connectivity index (χ3n) is 1.75. The van der Waals surface area contributed by atoms with Crippen molar-refractivity contribution < 1.29 is 5.11 Å². The van der Waals surface area contributed by atoms with Gasteiger partial charge in [0.05, 0.1) is 0 Å². The van der Waals surface area contributed by atoms with Crippen LogP contribution in [0.4, 0.5) is 0 Å². The van der Waals surface area contributed by atoms with Crippen LogP contribution >= 0.6 is 11.8 Å². The second-order valence-electron chi connectivity index (χ2n) is 2.98. The molecule has 1 N–H and O–H groups in total. The van der Waals surface area contributed by atoms with Crippen molar-refractivity contribution in [3.63, 3.8) is 0 Å². The Labute approximate surface area is 74.6 Å². The second-order valence-corrected chi connectivity index (χ2v) is 4.37. The Morgan fingerprint density at radius 1 is 1.36 bits per heavy atom. The summed E-state index contributed by atoms with van der Waals surface area (Å²) in [6.45, 7) is 4.65. The zero-order valence-corrected chi connectivity index (χ0v) is 8.49. The van der Waals surface area contributed by atoms with Gasteiger partial charge in [-0.2, -0.15) is 11.8 Å².